The van der Waals surface area contributed by atoms with Crippen molar-refractivity contribution in [3.05, 3.63) is 44.5 Å². The molecule has 0 amide bonds. The molecule has 1 fully saturated rings. The van der Waals surface area contributed by atoms with Crippen molar-refractivity contribution < 1.29 is 9.21 Å². The lowest BCUT2D eigenvalue weighted by molar-refractivity contribution is 0.0914. The predicted octanol–water partition coefficient (Wildman–Crippen LogP) is 4.50. The van der Waals surface area contributed by atoms with Crippen LogP contribution in [0.25, 0.3) is 0 Å². The molecule has 106 valence electrons. The SMILES string of the molecule is O=C(CN(Cc1ccco1)C1CC1)c1cc(Cl)sc1Cl. The molecule has 0 radical (unpaired) electrons. The first-order chi connectivity index (χ1) is 9.63. The molecule has 2 heterocycles. The van der Waals surface area contributed by atoms with E-state index in [1.54, 1.807) is 12.3 Å². The highest BCUT2D eigenvalue weighted by molar-refractivity contribution is 7.20. The van der Waals surface area contributed by atoms with Crippen LogP contribution in [-0.2, 0) is 6.54 Å². The van der Waals surface area contributed by atoms with Crippen LogP contribution >= 0.6 is 34.5 Å². The molecule has 3 rings (SSSR count). The predicted molar refractivity (Wildman–Crippen MR) is 80.8 cm³/mol. The van der Waals surface area contributed by atoms with Crippen LogP contribution in [0.3, 0.4) is 0 Å². The fourth-order valence-electron chi connectivity index (χ4n) is 2.16. The van der Waals surface area contributed by atoms with E-state index in [1.807, 2.05) is 12.1 Å². The topological polar surface area (TPSA) is 33.5 Å². The van der Waals surface area contributed by atoms with Crippen LogP contribution in [-0.4, -0.2) is 23.3 Å². The zero-order chi connectivity index (χ0) is 14.1. The quantitative estimate of drug-likeness (QED) is 0.732. The Hall–Kier alpha value is -0.810. The van der Waals surface area contributed by atoms with E-state index in [4.69, 9.17) is 27.6 Å². The van der Waals surface area contributed by atoms with Gasteiger partial charge in [0.1, 0.15) is 10.1 Å². The minimum Gasteiger partial charge on any atom is -0.468 e. The summed E-state index contributed by atoms with van der Waals surface area (Å²) in [5.41, 5.74) is 0.520. The summed E-state index contributed by atoms with van der Waals surface area (Å²) in [4.78, 5) is 14.5. The fourth-order valence-corrected chi connectivity index (χ4v) is 3.66. The third kappa shape index (κ3) is 3.26. The smallest absolute Gasteiger partial charge is 0.179 e. The summed E-state index contributed by atoms with van der Waals surface area (Å²) in [6.45, 7) is 0.997. The van der Waals surface area contributed by atoms with E-state index in [0.29, 0.717) is 33.4 Å². The van der Waals surface area contributed by atoms with Gasteiger partial charge in [0, 0.05) is 6.04 Å². The molecule has 1 aliphatic carbocycles. The van der Waals surface area contributed by atoms with Gasteiger partial charge in [-0.1, -0.05) is 23.2 Å². The van der Waals surface area contributed by atoms with Gasteiger partial charge in [0.25, 0.3) is 0 Å². The molecule has 1 saturated carbocycles. The Balaban J connectivity index is 1.70. The van der Waals surface area contributed by atoms with Gasteiger partial charge in [-0.15, -0.1) is 11.3 Å². The van der Waals surface area contributed by atoms with Gasteiger partial charge in [0.2, 0.25) is 0 Å². The molecule has 20 heavy (non-hydrogen) atoms. The van der Waals surface area contributed by atoms with Gasteiger partial charge in [-0.3, -0.25) is 9.69 Å². The number of Topliss-reactive ketones (excluding diaryl/α,β-unsaturated/α-hetero) is 1. The van der Waals surface area contributed by atoms with Crippen LogP contribution in [0.5, 0.6) is 0 Å². The van der Waals surface area contributed by atoms with E-state index < -0.39 is 0 Å². The van der Waals surface area contributed by atoms with Gasteiger partial charge >= 0.3 is 0 Å². The number of hydrogen-bond acceptors (Lipinski definition) is 4. The van der Waals surface area contributed by atoms with Crippen molar-refractivity contribution in [1.29, 1.82) is 0 Å². The van der Waals surface area contributed by atoms with Crippen molar-refractivity contribution in [2.45, 2.75) is 25.4 Å². The normalized spacial score (nSPS) is 14.9. The Morgan fingerprint density at radius 2 is 2.25 bits per heavy atom. The molecule has 2 aromatic heterocycles. The van der Waals surface area contributed by atoms with E-state index >= 15 is 0 Å². The maximum Gasteiger partial charge on any atom is 0.179 e. The van der Waals surface area contributed by atoms with E-state index in [9.17, 15) is 4.79 Å². The number of thiophene rings is 1. The molecule has 0 bridgehead atoms. The summed E-state index contributed by atoms with van der Waals surface area (Å²) in [5, 5.41) is 0. The Morgan fingerprint density at radius 3 is 2.80 bits per heavy atom. The van der Waals surface area contributed by atoms with Crippen molar-refractivity contribution in [2.24, 2.45) is 0 Å². The summed E-state index contributed by atoms with van der Waals surface area (Å²) in [6, 6.07) is 5.90. The lowest BCUT2D eigenvalue weighted by Gasteiger charge is -2.19. The van der Waals surface area contributed by atoms with Gasteiger partial charge in [-0.2, -0.15) is 0 Å². The van der Waals surface area contributed by atoms with Crippen molar-refractivity contribution in [3.63, 3.8) is 0 Å². The average molecular weight is 330 g/mol. The first-order valence-electron chi connectivity index (χ1n) is 6.38. The number of rotatable bonds is 6. The Kier molecular flexibility index (Phi) is 4.17. The molecule has 3 nitrogen and oxygen atoms in total. The second-order valence-corrected chi connectivity index (χ2v) is 7.16. The first kappa shape index (κ1) is 14.1. The molecule has 0 atom stereocenters. The molecule has 0 aliphatic heterocycles. The van der Waals surface area contributed by atoms with Crippen LogP contribution in [0.4, 0.5) is 0 Å². The van der Waals surface area contributed by atoms with E-state index in [0.717, 1.165) is 18.6 Å². The van der Waals surface area contributed by atoms with Crippen LogP contribution in [0.15, 0.2) is 28.9 Å². The lowest BCUT2D eigenvalue weighted by atomic mass is 10.2. The van der Waals surface area contributed by atoms with Crippen molar-refractivity contribution >= 4 is 40.3 Å². The van der Waals surface area contributed by atoms with Gasteiger partial charge in [-0.05, 0) is 31.0 Å². The number of nitrogens with zero attached hydrogens (tertiary/aromatic N) is 1. The molecule has 6 heteroatoms. The van der Waals surface area contributed by atoms with Crippen LogP contribution in [0, 0.1) is 0 Å². The highest BCUT2D eigenvalue weighted by Gasteiger charge is 2.31. The highest BCUT2D eigenvalue weighted by atomic mass is 35.5. The molecule has 0 spiro atoms. The minimum atomic E-state index is 0.0107. The van der Waals surface area contributed by atoms with Crippen molar-refractivity contribution in [1.82, 2.24) is 4.90 Å². The maximum absolute atomic E-state index is 12.3. The minimum absolute atomic E-state index is 0.0107. The van der Waals surface area contributed by atoms with Gasteiger partial charge in [0.15, 0.2) is 5.78 Å². The van der Waals surface area contributed by atoms with Crippen LogP contribution in [0.2, 0.25) is 8.67 Å². The maximum atomic E-state index is 12.3. The number of carbonyl (C=O) groups is 1. The summed E-state index contributed by atoms with van der Waals surface area (Å²) >= 11 is 13.2. The van der Waals surface area contributed by atoms with E-state index in [2.05, 4.69) is 4.90 Å². The van der Waals surface area contributed by atoms with Crippen LogP contribution in [0.1, 0.15) is 29.0 Å². The summed E-state index contributed by atoms with van der Waals surface area (Å²) in [5.74, 6) is 0.885. The molecular weight excluding hydrogens is 317 g/mol. The van der Waals surface area contributed by atoms with Crippen molar-refractivity contribution in [3.8, 4) is 0 Å². The summed E-state index contributed by atoms with van der Waals surface area (Å²) in [6.07, 6.45) is 3.91. The Labute approximate surface area is 131 Å². The molecule has 0 aromatic carbocycles. The first-order valence-corrected chi connectivity index (χ1v) is 7.95. The number of ketones is 1. The third-order valence-corrected chi connectivity index (χ3v) is 4.79. The molecule has 0 unspecified atom stereocenters. The Morgan fingerprint density at radius 1 is 1.45 bits per heavy atom. The van der Waals surface area contributed by atoms with Gasteiger partial charge < -0.3 is 4.42 Å². The summed E-state index contributed by atoms with van der Waals surface area (Å²) in [7, 11) is 0. The number of carbonyl (C=O) groups excluding carboxylic acids is 1. The molecule has 2 aromatic rings. The Bertz CT molecular complexity index is 605. The van der Waals surface area contributed by atoms with Crippen LogP contribution < -0.4 is 0 Å². The largest absolute Gasteiger partial charge is 0.468 e. The van der Waals surface area contributed by atoms with E-state index in [-0.39, 0.29) is 5.78 Å². The third-order valence-electron chi connectivity index (χ3n) is 3.31. The fraction of sp³-hybridized carbons (Fsp3) is 0.357. The second kappa shape index (κ2) is 5.90. The molecule has 1 aliphatic rings. The zero-order valence-corrected chi connectivity index (χ0v) is 13.0. The van der Waals surface area contributed by atoms with Gasteiger partial charge in [-0.25, -0.2) is 0 Å². The number of hydrogen-bond donors (Lipinski definition) is 0. The van der Waals surface area contributed by atoms with Gasteiger partial charge in [0.05, 0.1) is 29.3 Å². The molecule has 0 saturated heterocycles. The lowest BCUT2D eigenvalue weighted by Crippen LogP contribution is -2.31. The number of furan rings is 1. The second-order valence-electron chi connectivity index (χ2n) is 4.88. The van der Waals surface area contributed by atoms with Crippen molar-refractivity contribution in [2.75, 3.05) is 6.54 Å². The zero-order valence-electron chi connectivity index (χ0n) is 10.6. The number of halogens is 2. The van der Waals surface area contributed by atoms with E-state index in [1.165, 1.54) is 11.3 Å². The summed E-state index contributed by atoms with van der Waals surface area (Å²) < 4.78 is 6.37. The standard InChI is InChI=1S/C14H13Cl2NO2S/c15-13-6-11(14(16)20-13)12(18)8-17(9-3-4-9)7-10-2-1-5-19-10/h1-2,5-6,9H,3-4,7-8H2. The molecule has 0 N–H and O–H groups in total. The monoisotopic (exact) mass is 329 g/mol. The molecular formula is C14H13Cl2NO2S. The highest BCUT2D eigenvalue weighted by Crippen LogP contribution is 2.33. The average Bonchev–Trinajstić information content (AvgIpc) is 3.02.